The van der Waals surface area contributed by atoms with Crippen LogP contribution in [0.15, 0.2) is 18.2 Å². The van der Waals surface area contributed by atoms with Crippen molar-refractivity contribution in [1.29, 1.82) is 0 Å². The largest absolute Gasteiger partial charge is 0.548 e. The Kier molecular flexibility index (Phi) is 2.90. The van der Waals surface area contributed by atoms with Gasteiger partial charge in [0.25, 0.3) is 0 Å². The average molecular weight is 178 g/mol. The first-order chi connectivity index (χ1) is 6.11. The molecule has 0 saturated carbocycles. The molecule has 0 bridgehead atoms. The summed E-state index contributed by atoms with van der Waals surface area (Å²) in [6.07, 6.45) is 0. The van der Waals surface area contributed by atoms with E-state index in [4.69, 9.17) is 0 Å². The van der Waals surface area contributed by atoms with E-state index < -0.39 is 5.97 Å². The summed E-state index contributed by atoms with van der Waals surface area (Å²) in [5.41, 5.74) is 3.07. The Morgan fingerprint density at radius 2 is 2.15 bits per heavy atom. The maximum atomic E-state index is 10.2. The van der Waals surface area contributed by atoms with Crippen molar-refractivity contribution < 1.29 is 9.90 Å². The quantitative estimate of drug-likeness (QED) is 0.731. The molecule has 1 rings (SSSR count). The van der Waals surface area contributed by atoms with E-state index in [1.165, 1.54) is 0 Å². The summed E-state index contributed by atoms with van der Waals surface area (Å²) in [6.45, 7) is 3.79. The number of nitrogens with one attached hydrogen (secondary N) is 1. The zero-order chi connectivity index (χ0) is 9.84. The minimum absolute atomic E-state index is 0.149. The first-order valence-corrected chi connectivity index (χ1v) is 4.11. The van der Waals surface area contributed by atoms with Gasteiger partial charge in [0.05, 0.1) is 12.5 Å². The predicted octanol–water partition coefficient (Wildman–Crippen LogP) is 0.465. The molecule has 0 amide bonds. The molecule has 3 heteroatoms. The summed E-state index contributed by atoms with van der Waals surface area (Å²) in [7, 11) is 0. The predicted molar refractivity (Wildman–Crippen MR) is 49.4 cm³/mol. The summed E-state index contributed by atoms with van der Waals surface area (Å²) in [4.78, 5) is 10.2. The molecule has 0 aliphatic rings. The monoisotopic (exact) mass is 178 g/mol. The molecule has 0 aliphatic heterocycles. The molecule has 0 aliphatic carbocycles. The second-order valence-electron chi connectivity index (χ2n) is 2.97. The lowest BCUT2D eigenvalue weighted by atomic mass is 10.1. The maximum absolute atomic E-state index is 10.2. The van der Waals surface area contributed by atoms with Crippen LogP contribution in [0.1, 0.15) is 11.1 Å². The van der Waals surface area contributed by atoms with Crippen molar-refractivity contribution in [3.63, 3.8) is 0 Å². The van der Waals surface area contributed by atoms with Crippen LogP contribution < -0.4 is 10.4 Å². The lowest BCUT2D eigenvalue weighted by Crippen LogP contribution is -2.30. The highest BCUT2D eigenvalue weighted by atomic mass is 16.4. The van der Waals surface area contributed by atoms with Gasteiger partial charge in [-0.2, -0.15) is 0 Å². The molecule has 1 aromatic rings. The number of hydrogen-bond donors (Lipinski definition) is 1. The van der Waals surface area contributed by atoms with Gasteiger partial charge < -0.3 is 15.2 Å². The topological polar surface area (TPSA) is 52.2 Å². The highest BCUT2D eigenvalue weighted by molar-refractivity contribution is 5.71. The van der Waals surface area contributed by atoms with Crippen LogP contribution in [0.2, 0.25) is 0 Å². The van der Waals surface area contributed by atoms with Crippen molar-refractivity contribution in [2.24, 2.45) is 0 Å². The van der Waals surface area contributed by atoms with Crippen molar-refractivity contribution in [1.82, 2.24) is 0 Å². The lowest BCUT2D eigenvalue weighted by Gasteiger charge is -2.11. The maximum Gasteiger partial charge on any atom is 0.0605 e. The Hall–Kier alpha value is -1.51. The van der Waals surface area contributed by atoms with Gasteiger partial charge in [-0.1, -0.05) is 12.1 Å². The number of anilines is 1. The number of benzene rings is 1. The van der Waals surface area contributed by atoms with Gasteiger partial charge in [0, 0.05) is 5.69 Å². The molecule has 0 heterocycles. The van der Waals surface area contributed by atoms with Crippen LogP contribution in [0, 0.1) is 13.8 Å². The van der Waals surface area contributed by atoms with Gasteiger partial charge >= 0.3 is 0 Å². The highest BCUT2D eigenvalue weighted by Gasteiger charge is 1.98. The van der Waals surface area contributed by atoms with Gasteiger partial charge in [-0.25, -0.2) is 0 Å². The molecule has 0 saturated heterocycles. The van der Waals surface area contributed by atoms with Gasteiger partial charge in [-0.15, -0.1) is 0 Å². The van der Waals surface area contributed by atoms with E-state index in [9.17, 15) is 9.90 Å². The normalized spacial score (nSPS) is 9.69. The molecule has 1 N–H and O–H groups in total. The molecule has 0 unspecified atom stereocenters. The summed E-state index contributed by atoms with van der Waals surface area (Å²) >= 11 is 0. The zero-order valence-electron chi connectivity index (χ0n) is 7.76. The molecular weight excluding hydrogens is 166 g/mol. The Labute approximate surface area is 77.4 Å². The SMILES string of the molecule is Cc1cccc(NCC(=O)[O-])c1C. The molecule has 0 atom stereocenters. The second-order valence-corrected chi connectivity index (χ2v) is 2.97. The Balaban J connectivity index is 2.77. The molecule has 70 valence electrons. The van der Waals surface area contributed by atoms with Crippen molar-refractivity contribution in [3.8, 4) is 0 Å². The van der Waals surface area contributed by atoms with Gasteiger partial charge in [0.2, 0.25) is 0 Å². The van der Waals surface area contributed by atoms with Crippen LogP contribution in [0.3, 0.4) is 0 Å². The van der Waals surface area contributed by atoms with E-state index in [0.29, 0.717) is 0 Å². The Bertz CT molecular complexity index is 321. The third-order valence-corrected chi connectivity index (χ3v) is 2.03. The summed E-state index contributed by atoms with van der Waals surface area (Å²) in [5.74, 6) is -1.10. The molecule has 0 aromatic heterocycles. The molecule has 1 aromatic carbocycles. The van der Waals surface area contributed by atoms with Crippen molar-refractivity contribution in [2.45, 2.75) is 13.8 Å². The fourth-order valence-corrected chi connectivity index (χ4v) is 1.11. The van der Waals surface area contributed by atoms with Crippen LogP contribution in [-0.4, -0.2) is 12.5 Å². The van der Waals surface area contributed by atoms with E-state index in [1.54, 1.807) is 0 Å². The van der Waals surface area contributed by atoms with Gasteiger partial charge in [-0.05, 0) is 31.0 Å². The number of carboxylic acid groups (broad SMARTS) is 1. The van der Waals surface area contributed by atoms with Crippen LogP contribution in [0.25, 0.3) is 0 Å². The van der Waals surface area contributed by atoms with E-state index in [2.05, 4.69) is 5.32 Å². The van der Waals surface area contributed by atoms with E-state index >= 15 is 0 Å². The van der Waals surface area contributed by atoms with Crippen molar-refractivity contribution >= 4 is 11.7 Å². The van der Waals surface area contributed by atoms with Gasteiger partial charge in [-0.3, -0.25) is 0 Å². The van der Waals surface area contributed by atoms with Crippen LogP contribution >= 0.6 is 0 Å². The standard InChI is InChI=1S/C10H13NO2/c1-7-4-3-5-9(8(7)2)11-6-10(12)13/h3-5,11H,6H2,1-2H3,(H,12,13)/p-1. The summed E-state index contributed by atoms with van der Waals surface area (Å²) in [5, 5.41) is 13.0. The third-order valence-electron chi connectivity index (χ3n) is 2.03. The van der Waals surface area contributed by atoms with Crippen LogP contribution in [0.4, 0.5) is 5.69 Å². The number of carboxylic acids is 1. The second kappa shape index (κ2) is 3.94. The van der Waals surface area contributed by atoms with Crippen LogP contribution in [0.5, 0.6) is 0 Å². The molecule has 3 nitrogen and oxygen atoms in total. The minimum Gasteiger partial charge on any atom is -0.548 e. The van der Waals surface area contributed by atoms with Crippen molar-refractivity contribution in [2.75, 3.05) is 11.9 Å². The minimum atomic E-state index is -1.10. The van der Waals surface area contributed by atoms with Crippen molar-refractivity contribution in [3.05, 3.63) is 29.3 Å². The first-order valence-electron chi connectivity index (χ1n) is 4.11. The molecule has 13 heavy (non-hydrogen) atoms. The lowest BCUT2D eigenvalue weighted by molar-refractivity contribution is -0.302. The first kappa shape index (κ1) is 9.58. The smallest absolute Gasteiger partial charge is 0.0605 e. The molecule has 0 radical (unpaired) electrons. The number of aliphatic carboxylic acids is 1. The van der Waals surface area contributed by atoms with E-state index in [-0.39, 0.29) is 6.54 Å². The summed E-state index contributed by atoms with van der Waals surface area (Å²) in [6, 6.07) is 5.73. The number of rotatable bonds is 3. The molecule has 0 spiro atoms. The van der Waals surface area contributed by atoms with Crippen LogP contribution in [-0.2, 0) is 4.79 Å². The van der Waals surface area contributed by atoms with E-state index in [1.807, 2.05) is 32.0 Å². The number of carbonyl (C=O) groups excluding carboxylic acids is 1. The summed E-state index contributed by atoms with van der Waals surface area (Å²) < 4.78 is 0. The number of carbonyl (C=O) groups is 1. The van der Waals surface area contributed by atoms with E-state index in [0.717, 1.165) is 16.8 Å². The Morgan fingerprint density at radius 1 is 1.46 bits per heavy atom. The third kappa shape index (κ3) is 2.47. The fourth-order valence-electron chi connectivity index (χ4n) is 1.11. The fraction of sp³-hybridized carbons (Fsp3) is 0.300. The number of aryl methyl sites for hydroxylation is 1. The average Bonchev–Trinajstić information content (AvgIpc) is 2.07. The number of hydrogen-bond acceptors (Lipinski definition) is 3. The Morgan fingerprint density at radius 3 is 2.77 bits per heavy atom. The zero-order valence-corrected chi connectivity index (χ0v) is 7.76. The highest BCUT2D eigenvalue weighted by Crippen LogP contribution is 2.17. The molecule has 0 fully saturated rings. The van der Waals surface area contributed by atoms with Gasteiger partial charge in [0.15, 0.2) is 0 Å². The van der Waals surface area contributed by atoms with Gasteiger partial charge in [0.1, 0.15) is 0 Å². The molecular formula is C10H12NO2-.